The van der Waals surface area contributed by atoms with Crippen LogP contribution in [0.2, 0.25) is 0 Å². The van der Waals surface area contributed by atoms with Crippen LogP contribution in [-0.4, -0.2) is 66.7 Å². The van der Waals surface area contributed by atoms with Crippen LogP contribution in [0.1, 0.15) is 51.7 Å². The molecule has 5 heterocycles. The van der Waals surface area contributed by atoms with Crippen LogP contribution in [0.15, 0.2) is 9.40 Å². The molecule has 3 fully saturated rings. The van der Waals surface area contributed by atoms with E-state index in [1.807, 2.05) is 6.92 Å². The number of rotatable bonds is 4. The van der Waals surface area contributed by atoms with Crippen LogP contribution in [0.4, 0.5) is 10.7 Å². The summed E-state index contributed by atoms with van der Waals surface area (Å²) < 4.78 is 9.69. The zero-order chi connectivity index (χ0) is 21.9. The number of amides is 1. The average molecular weight is 495 g/mol. The van der Waals surface area contributed by atoms with Crippen molar-refractivity contribution in [3.05, 3.63) is 15.0 Å². The largest absolute Gasteiger partial charge is 0.465 e. The van der Waals surface area contributed by atoms with E-state index >= 15 is 0 Å². The van der Waals surface area contributed by atoms with E-state index in [2.05, 4.69) is 25.9 Å². The van der Waals surface area contributed by atoms with Crippen molar-refractivity contribution in [2.75, 3.05) is 18.1 Å². The number of ether oxygens (including phenoxy) is 1. The van der Waals surface area contributed by atoms with Crippen LogP contribution in [0.25, 0.3) is 11.0 Å². The third-order valence-electron chi connectivity index (χ3n) is 7.02. The standard InChI is InChI=1S/C20H27BrN6O4/c1-3-25(20(29)30)13-10-11-7-8-12(13)26(11)19-22-17-15(18(28)24(19)2)16(21)23-27(17)14-6-4-5-9-31-14/h11-14H,3-10H2,1-2H3,(H,29,30)/t11-,12+,13+,14?/m0/s1. The van der Waals surface area contributed by atoms with E-state index < -0.39 is 6.09 Å². The second-order valence-electron chi connectivity index (χ2n) is 8.61. The fourth-order valence-corrected chi connectivity index (χ4v) is 6.10. The lowest BCUT2D eigenvalue weighted by atomic mass is 9.94. The number of hydrogen-bond donors (Lipinski definition) is 1. The monoisotopic (exact) mass is 494 g/mol. The second kappa shape index (κ2) is 7.77. The second-order valence-corrected chi connectivity index (χ2v) is 9.36. The molecular formula is C20H27BrN6O4. The fraction of sp³-hybridized carbons (Fsp3) is 0.700. The molecule has 0 radical (unpaired) electrons. The smallest absolute Gasteiger partial charge is 0.407 e. The molecule has 11 heteroatoms. The average Bonchev–Trinajstić information content (AvgIpc) is 3.42. The number of carboxylic acid groups (broad SMARTS) is 1. The molecule has 1 unspecified atom stereocenters. The van der Waals surface area contributed by atoms with Crippen molar-refractivity contribution >= 4 is 39.0 Å². The van der Waals surface area contributed by atoms with Gasteiger partial charge in [0.2, 0.25) is 5.95 Å². The molecule has 3 aliphatic heterocycles. The molecule has 4 atom stereocenters. The zero-order valence-electron chi connectivity index (χ0n) is 17.7. The molecule has 2 bridgehead atoms. The number of hydrogen-bond acceptors (Lipinski definition) is 6. The minimum absolute atomic E-state index is 0.0161. The van der Waals surface area contributed by atoms with Crippen molar-refractivity contribution in [1.29, 1.82) is 0 Å². The lowest BCUT2D eigenvalue weighted by molar-refractivity contribution is -0.0371. The molecule has 3 aliphatic rings. The maximum absolute atomic E-state index is 13.3. The van der Waals surface area contributed by atoms with Gasteiger partial charge in [-0.1, -0.05) is 0 Å². The molecule has 2 aromatic rings. The summed E-state index contributed by atoms with van der Waals surface area (Å²) in [7, 11) is 1.73. The van der Waals surface area contributed by atoms with Crippen molar-refractivity contribution in [3.8, 4) is 0 Å². The Labute approximate surface area is 187 Å². The van der Waals surface area contributed by atoms with E-state index in [1.165, 1.54) is 4.90 Å². The van der Waals surface area contributed by atoms with Crippen LogP contribution in [-0.2, 0) is 11.8 Å². The molecule has 168 valence electrons. The highest BCUT2D eigenvalue weighted by molar-refractivity contribution is 9.10. The minimum atomic E-state index is -0.895. The highest BCUT2D eigenvalue weighted by Gasteiger charge is 2.50. The molecule has 3 saturated heterocycles. The van der Waals surface area contributed by atoms with Crippen molar-refractivity contribution in [2.24, 2.45) is 7.05 Å². The van der Waals surface area contributed by atoms with Crippen LogP contribution < -0.4 is 10.5 Å². The summed E-state index contributed by atoms with van der Waals surface area (Å²) in [6, 6.07) is 0.0965. The van der Waals surface area contributed by atoms with Gasteiger partial charge in [-0.25, -0.2) is 9.48 Å². The number of nitrogens with zero attached hydrogens (tertiary/aromatic N) is 6. The number of halogens is 1. The molecule has 0 aromatic carbocycles. The summed E-state index contributed by atoms with van der Waals surface area (Å²) in [5.41, 5.74) is 0.354. The summed E-state index contributed by atoms with van der Waals surface area (Å²) >= 11 is 3.44. The van der Waals surface area contributed by atoms with Gasteiger partial charge in [-0.15, -0.1) is 0 Å². The fourth-order valence-electron chi connectivity index (χ4n) is 5.58. The Hall–Kier alpha value is -2.14. The first-order valence-corrected chi connectivity index (χ1v) is 11.8. The van der Waals surface area contributed by atoms with E-state index in [9.17, 15) is 14.7 Å². The number of anilines is 1. The number of carbonyl (C=O) groups is 1. The van der Waals surface area contributed by atoms with Crippen LogP contribution >= 0.6 is 15.9 Å². The Morgan fingerprint density at radius 1 is 1.32 bits per heavy atom. The first kappa shape index (κ1) is 20.7. The van der Waals surface area contributed by atoms with E-state index in [4.69, 9.17) is 9.72 Å². The Morgan fingerprint density at radius 2 is 2.13 bits per heavy atom. The quantitative estimate of drug-likeness (QED) is 0.696. The molecule has 1 N–H and O–H groups in total. The van der Waals surface area contributed by atoms with Crippen molar-refractivity contribution < 1.29 is 14.6 Å². The Balaban J connectivity index is 1.60. The van der Waals surface area contributed by atoms with Gasteiger partial charge >= 0.3 is 6.09 Å². The normalized spacial score (nSPS) is 27.9. The first-order chi connectivity index (χ1) is 14.9. The van der Waals surface area contributed by atoms with E-state index in [0.29, 0.717) is 34.7 Å². The lowest BCUT2D eigenvalue weighted by Crippen LogP contribution is -2.47. The van der Waals surface area contributed by atoms with Gasteiger partial charge < -0.3 is 19.6 Å². The molecule has 0 spiro atoms. The summed E-state index contributed by atoms with van der Waals surface area (Å²) in [5, 5.41) is 14.6. The predicted molar refractivity (Wildman–Crippen MR) is 117 cm³/mol. The molecule has 0 aliphatic carbocycles. The van der Waals surface area contributed by atoms with Crippen molar-refractivity contribution in [1.82, 2.24) is 24.2 Å². The number of fused-ring (bicyclic) bond motifs is 3. The zero-order valence-corrected chi connectivity index (χ0v) is 19.3. The van der Waals surface area contributed by atoms with E-state index in [1.54, 1.807) is 16.3 Å². The van der Waals surface area contributed by atoms with Crippen molar-refractivity contribution in [2.45, 2.75) is 69.8 Å². The molecule has 5 rings (SSSR count). The maximum atomic E-state index is 13.3. The number of likely N-dealkylation sites (N-methyl/N-ethyl adjacent to an activating group) is 1. The van der Waals surface area contributed by atoms with Gasteiger partial charge in [0, 0.05) is 26.2 Å². The Bertz CT molecular complexity index is 1080. The van der Waals surface area contributed by atoms with Crippen molar-refractivity contribution in [3.63, 3.8) is 0 Å². The molecule has 2 aromatic heterocycles. The third-order valence-corrected chi connectivity index (χ3v) is 7.57. The summed E-state index contributed by atoms with van der Waals surface area (Å²) in [6.07, 6.45) is 4.38. The molecule has 31 heavy (non-hydrogen) atoms. The summed E-state index contributed by atoms with van der Waals surface area (Å²) in [5.74, 6) is 0.582. The third kappa shape index (κ3) is 3.15. The van der Waals surface area contributed by atoms with Gasteiger partial charge in [-0.2, -0.15) is 10.1 Å². The maximum Gasteiger partial charge on any atom is 0.407 e. The topological polar surface area (TPSA) is 106 Å². The van der Waals surface area contributed by atoms with Crippen LogP contribution in [0.3, 0.4) is 0 Å². The highest BCUT2D eigenvalue weighted by Crippen LogP contribution is 2.42. The molecule has 10 nitrogen and oxygen atoms in total. The summed E-state index contributed by atoms with van der Waals surface area (Å²) in [4.78, 5) is 33.7. The first-order valence-electron chi connectivity index (χ1n) is 11.0. The lowest BCUT2D eigenvalue weighted by Gasteiger charge is -2.32. The molecular weight excluding hydrogens is 468 g/mol. The molecule has 0 saturated carbocycles. The van der Waals surface area contributed by atoms with Gasteiger partial charge in [-0.3, -0.25) is 9.36 Å². The Morgan fingerprint density at radius 3 is 2.81 bits per heavy atom. The SMILES string of the molecule is CCN(C(=O)O)[C@@H]1C[C@@H]2CC[C@H]1N2c1nc2c(c(Br)nn2C2CCCCO2)c(=O)n1C. The van der Waals surface area contributed by atoms with Crippen LogP contribution in [0, 0.1) is 0 Å². The Kier molecular flexibility index (Phi) is 5.20. The van der Waals surface area contributed by atoms with Gasteiger partial charge in [-0.05, 0) is 61.4 Å². The van der Waals surface area contributed by atoms with E-state index in [-0.39, 0.29) is 29.9 Å². The van der Waals surface area contributed by atoms with Gasteiger partial charge in [0.15, 0.2) is 11.9 Å². The highest BCUT2D eigenvalue weighted by atomic mass is 79.9. The van der Waals surface area contributed by atoms with Gasteiger partial charge in [0.25, 0.3) is 5.56 Å². The van der Waals surface area contributed by atoms with Gasteiger partial charge in [0.1, 0.15) is 9.99 Å². The van der Waals surface area contributed by atoms with Gasteiger partial charge in [0.05, 0.1) is 12.1 Å². The van der Waals surface area contributed by atoms with Crippen LogP contribution in [0.5, 0.6) is 0 Å². The number of aromatic nitrogens is 4. The minimum Gasteiger partial charge on any atom is -0.465 e. The molecule has 1 amide bonds. The predicted octanol–water partition coefficient (Wildman–Crippen LogP) is 2.70. The van der Waals surface area contributed by atoms with E-state index in [0.717, 1.165) is 38.5 Å². The summed E-state index contributed by atoms with van der Waals surface area (Å²) in [6.45, 7) is 2.98.